The van der Waals surface area contributed by atoms with E-state index in [-0.39, 0.29) is 0 Å². The van der Waals surface area contributed by atoms with Crippen LogP contribution in [-0.2, 0) is 13.5 Å². The zero-order chi connectivity index (χ0) is 13.0. The number of hydrogen-bond acceptors (Lipinski definition) is 3. The van der Waals surface area contributed by atoms with Crippen molar-refractivity contribution in [3.63, 3.8) is 0 Å². The Bertz CT molecular complexity index is 360. The van der Waals surface area contributed by atoms with Crippen molar-refractivity contribution in [2.45, 2.75) is 45.2 Å². The average molecular weight is 250 g/mol. The highest BCUT2D eigenvalue weighted by Crippen LogP contribution is 2.13. The summed E-state index contributed by atoms with van der Waals surface area (Å²) in [5.74, 6) is 0. The normalized spacial score (nSPS) is 25.5. The van der Waals surface area contributed by atoms with Crippen LogP contribution >= 0.6 is 0 Å². The van der Waals surface area contributed by atoms with E-state index < -0.39 is 0 Å². The molecule has 0 aromatic carbocycles. The van der Waals surface area contributed by atoms with Gasteiger partial charge in [0.25, 0.3) is 0 Å². The van der Waals surface area contributed by atoms with Crippen molar-refractivity contribution in [3.05, 3.63) is 18.0 Å². The Morgan fingerprint density at radius 1 is 1.50 bits per heavy atom. The van der Waals surface area contributed by atoms with E-state index in [1.807, 2.05) is 17.9 Å². The van der Waals surface area contributed by atoms with Gasteiger partial charge < -0.3 is 5.32 Å². The molecule has 1 aliphatic heterocycles. The predicted molar refractivity (Wildman–Crippen MR) is 74.6 cm³/mol. The van der Waals surface area contributed by atoms with Gasteiger partial charge in [-0.1, -0.05) is 13.3 Å². The largest absolute Gasteiger partial charge is 0.311 e. The van der Waals surface area contributed by atoms with E-state index >= 15 is 0 Å². The molecule has 1 aromatic heterocycles. The fourth-order valence-corrected chi connectivity index (χ4v) is 2.83. The van der Waals surface area contributed by atoms with Crippen LogP contribution < -0.4 is 5.32 Å². The topological polar surface area (TPSA) is 33.1 Å². The first-order chi connectivity index (χ1) is 8.70. The molecule has 0 bridgehead atoms. The van der Waals surface area contributed by atoms with Gasteiger partial charge in [-0.15, -0.1) is 0 Å². The standard InChI is InChI=1S/C14H26N4/c1-4-5-14-10-15-12(2)11-18(14)9-7-13-6-8-16-17(13)3/h6,8,12,14-15H,4-5,7,9-11H2,1-3H3. The summed E-state index contributed by atoms with van der Waals surface area (Å²) in [6, 6.07) is 3.45. The molecular weight excluding hydrogens is 224 g/mol. The molecule has 1 saturated heterocycles. The fourth-order valence-electron chi connectivity index (χ4n) is 2.83. The third-order valence-corrected chi connectivity index (χ3v) is 3.93. The lowest BCUT2D eigenvalue weighted by Gasteiger charge is -2.39. The number of nitrogens with zero attached hydrogens (tertiary/aromatic N) is 3. The zero-order valence-corrected chi connectivity index (χ0v) is 11.9. The first-order valence-electron chi connectivity index (χ1n) is 7.15. The number of nitrogens with one attached hydrogen (secondary N) is 1. The van der Waals surface area contributed by atoms with Gasteiger partial charge in [0.1, 0.15) is 0 Å². The van der Waals surface area contributed by atoms with Gasteiger partial charge in [-0.25, -0.2) is 0 Å². The minimum absolute atomic E-state index is 0.615. The molecule has 2 rings (SSSR count). The van der Waals surface area contributed by atoms with Crippen molar-refractivity contribution in [2.24, 2.45) is 7.05 Å². The van der Waals surface area contributed by atoms with Gasteiger partial charge >= 0.3 is 0 Å². The average Bonchev–Trinajstić information content (AvgIpc) is 2.75. The van der Waals surface area contributed by atoms with Crippen molar-refractivity contribution in [3.8, 4) is 0 Å². The second-order valence-electron chi connectivity index (χ2n) is 5.44. The van der Waals surface area contributed by atoms with Crippen LogP contribution in [-0.4, -0.2) is 46.4 Å². The zero-order valence-electron chi connectivity index (χ0n) is 11.9. The number of hydrogen-bond donors (Lipinski definition) is 1. The molecule has 4 nitrogen and oxygen atoms in total. The number of aryl methyl sites for hydroxylation is 1. The first-order valence-corrected chi connectivity index (χ1v) is 7.15. The first kappa shape index (κ1) is 13.6. The third-order valence-electron chi connectivity index (χ3n) is 3.93. The summed E-state index contributed by atoms with van der Waals surface area (Å²) < 4.78 is 1.99. The van der Waals surface area contributed by atoms with E-state index in [0.717, 1.165) is 19.5 Å². The van der Waals surface area contributed by atoms with Gasteiger partial charge in [-0.3, -0.25) is 9.58 Å². The molecule has 0 aliphatic carbocycles. The van der Waals surface area contributed by atoms with Crippen molar-refractivity contribution in [1.29, 1.82) is 0 Å². The third kappa shape index (κ3) is 3.33. The molecular formula is C14H26N4. The molecule has 2 atom stereocenters. The maximum absolute atomic E-state index is 4.24. The number of rotatable bonds is 5. The Morgan fingerprint density at radius 2 is 2.33 bits per heavy atom. The lowest BCUT2D eigenvalue weighted by molar-refractivity contribution is 0.128. The van der Waals surface area contributed by atoms with Crippen LogP contribution in [0.1, 0.15) is 32.4 Å². The number of aromatic nitrogens is 2. The van der Waals surface area contributed by atoms with Crippen LogP contribution in [0.3, 0.4) is 0 Å². The van der Waals surface area contributed by atoms with Crippen LogP contribution in [0.15, 0.2) is 12.3 Å². The second-order valence-corrected chi connectivity index (χ2v) is 5.44. The summed E-state index contributed by atoms with van der Waals surface area (Å²) in [4.78, 5) is 2.65. The molecule has 2 heterocycles. The van der Waals surface area contributed by atoms with E-state index in [2.05, 4.69) is 35.2 Å². The maximum atomic E-state index is 4.24. The lowest BCUT2D eigenvalue weighted by Crippen LogP contribution is -2.55. The van der Waals surface area contributed by atoms with Crippen LogP contribution in [0.4, 0.5) is 0 Å². The summed E-state index contributed by atoms with van der Waals surface area (Å²) >= 11 is 0. The molecule has 1 aromatic rings. The lowest BCUT2D eigenvalue weighted by atomic mass is 10.0. The molecule has 2 unspecified atom stereocenters. The van der Waals surface area contributed by atoms with Crippen molar-refractivity contribution >= 4 is 0 Å². The molecule has 1 N–H and O–H groups in total. The van der Waals surface area contributed by atoms with Gasteiger partial charge in [0.15, 0.2) is 0 Å². The Hall–Kier alpha value is -0.870. The highest BCUT2D eigenvalue weighted by atomic mass is 15.3. The van der Waals surface area contributed by atoms with Crippen molar-refractivity contribution in [2.75, 3.05) is 19.6 Å². The summed E-state index contributed by atoms with van der Waals surface area (Å²) in [6.07, 6.45) is 5.55. The van der Waals surface area contributed by atoms with E-state index in [9.17, 15) is 0 Å². The molecule has 0 amide bonds. The van der Waals surface area contributed by atoms with E-state index in [1.54, 1.807) is 0 Å². The molecule has 102 valence electrons. The number of piperazine rings is 1. The second kappa shape index (κ2) is 6.34. The summed E-state index contributed by atoms with van der Waals surface area (Å²) in [6.45, 7) is 8.01. The van der Waals surface area contributed by atoms with Gasteiger partial charge in [0.05, 0.1) is 0 Å². The van der Waals surface area contributed by atoms with Gasteiger partial charge in [-0.2, -0.15) is 5.10 Å². The Morgan fingerprint density at radius 3 is 3.00 bits per heavy atom. The van der Waals surface area contributed by atoms with E-state index in [0.29, 0.717) is 12.1 Å². The highest BCUT2D eigenvalue weighted by molar-refractivity contribution is 5.01. The van der Waals surface area contributed by atoms with Crippen molar-refractivity contribution in [1.82, 2.24) is 20.0 Å². The molecule has 1 aliphatic rings. The van der Waals surface area contributed by atoms with E-state index in [4.69, 9.17) is 0 Å². The minimum Gasteiger partial charge on any atom is -0.311 e. The van der Waals surface area contributed by atoms with Crippen molar-refractivity contribution < 1.29 is 0 Å². The predicted octanol–water partition coefficient (Wildman–Crippen LogP) is 1.42. The molecule has 18 heavy (non-hydrogen) atoms. The Labute approximate surface area is 110 Å². The molecule has 4 heteroatoms. The maximum Gasteiger partial charge on any atom is 0.0492 e. The van der Waals surface area contributed by atoms with Crippen LogP contribution in [0, 0.1) is 0 Å². The summed E-state index contributed by atoms with van der Waals surface area (Å²) in [5.41, 5.74) is 1.33. The minimum atomic E-state index is 0.615. The van der Waals surface area contributed by atoms with Gasteiger partial charge in [0, 0.05) is 57.1 Å². The summed E-state index contributed by atoms with van der Waals surface area (Å²) in [7, 11) is 2.03. The van der Waals surface area contributed by atoms with Crippen LogP contribution in [0.2, 0.25) is 0 Å². The SMILES string of the molecule is CCCC1CNC(C)CN1CCc1ccnn1C. The fraction of sp³-hybridized carbons (Fsp3) is 0.786. The monoisotopic (exact) mass is 250 g/mol. The van der Waals surface area contributed by atoms with Gasteiger partial charge in [-0.05, 0) is 19.4 Å². The summed E-state index contributed by atoms with van der Waals surface area (Å²) in [5, 5.41) is 7.83. The van der Waals surface area contributed by atoms with Crippen LogP contribution in [0.25, 0.3) is 0 Å². The molecule has 0 spiro atoms. The quantitative estimate of drug-likeness (QED) is 0.858. The highest BCUT2D eigenvalue weighted by Gasteiger charge is 2.24. The molecule has 0 radical (unpaired) electrons. The Kier molecular flexibility index (Phi) is 4.78. The molecule has 1 fully saturated rings. The molecule has 0 saturated carbocycles. The van der Waals surface area contributed by atoms with E-state index in [1.165, 1.54) is 25.1 Å². The van der Waals surface area contributed by atoms with Gasteiger partial charge in [0.2, 0.25) is 0 Å². The smallest absolute Gasteiger partial charge is 0.0492 e. The van der Waals surface area contributed by atoms with Crippen LogP contribution in [0.5, 0.6) is 0 Å². The Balaban J connectivity index is 1.90.